The van der Waals surface area contributed by atoms with Gasteiger partial charge in [-0.05, 0) is 39.8 Å². The first-order valence-electron chi connectivity index (χ1n) is 14.7. The highest BCUT2D eigenvalue weighted by molar-refractivity contribution is 5.67. The molecule has 1 amide bonds. The van der Waals surface area contributed by atoms with E-state index in [0.717, 1.165) is 0 Å². The standard InChI is InChI=1S/C32H34F3N7O3/c1-44-28-14-13-25(42-30(32(33,34)35)36-37-38-42)17-24(28)18-39-19-26-20-40(31(43)45-2)15-16-41(26)27(21-39)29(22-9-5-3-6-10-22)23-11-7-4-8-12-23/h3-14,17,26-27,29H,15-16,18-21H2,1-2H3/t26-,27+/m1/s1. The number of alkyl halides is 3. The van der Waals surface area contributed by atoms with Gasteiger partial charge in [-0.3, -0.25) is 9.80 Å². The molecule has 0 spiro atoms. The van der Waals surface area contributed by atoms with Crippen molar-refractivity contribution in [1.29, 1.82) is 0 Å². The van der Waals surface area contributed by atoms with Crippen molar-refractivity contribution in [2.24, 2.45) is 0 Å². The van der Waals surface area contributed by atoms with E-state index in [1.807, 2.05) is 36.4 Å². The van der Waals surface area contributed by atoms with Gasteiger partial charge in [0.2, 0.25) is 0 Å². The number of halogens is 3. The van der Waals surface area contributed by atoms with Gasteiger partial charge >= 0.3 is 12.3 Å². The highest BCUT2D eigenvalue weighted by Gasteiger charge is 2.43. The van der Waals surface area contributed by atoms with Crippen molar-refractivity contribution in [3.05, 3.63) is 101 Å². The Morgan fingerprint density at radius 2 is 1.62 bits per heavy atom. The summed E-state index contributed by atoms with van der Waals surface area (Å²) in [5.41, 5.74) is 3.24. The lowest BCUT2D eigenvalue weighted by atomic mass is 9.81. The summed E-state index contributed by atoms with van der Waals surface area (Å²) >= 11 is 0. The van der Waals surface area contributed by atoms with Gasteiger partial charge in [0.1, 0.15) is 5.75 Å². The molecule has 2 aliphatic rings. The second kappa shape index (κ2) is 12.9. The maximum atomic E-state index is 13.6. The van der Waals surface area contributed by atoms with Crippen LogP contribution in [0.4, 0.5) is 18.0 Å². The molecule has 2 aliphatic heterocycles. The zero-order chi connectivity index (χ0) is 31.6. The van der Waals surface area contributed by atoms with Gasteiger partial charge in [0.05, 0.1) is 19.9 Å². The number of ether oxygens (including phenoxy) is 2. The summed E-state index contributed by atoms with van der Waals surface area (Å²) < 4.78 is 52.3. The molecule has 45 heavy (non-hydrogen) atoms. The molecule has 2 atom stereocenters. The molecule has 1 aromatic heterocycles. The molecule has 3 aromatic carbocycles. The second-order valence-corrected chi connectivity index (χ2v) is 11.3. The Hall–Kier alpha value is -4.49. The smallest absolute Gasteiger partial charge is 0.453 e. The van der Waals surface area contributed by atoms with Crippen LogP contribution in [0.3, 0.4) is 0 Å². The average molecular weight is 622 g/mol. The van der Waals surface area contributed by atoms with Crippen LogP contribution in [0.15, 0.2) is 78.9 Å². The van der Waals surface area contributed by atoms with E-state index in [-0.39, 0.29) is 29.8 Å². The lowest BCUT2D eigenvalue weighted by Gasteiger charge is -2.53. The topological polar surface area (TPSA) is 88.9 Å². The van der Waals surface area contributed by atoms with Crippen LogP contribution in [0.5, 0.6) is 5.75 Å². The molecule has 0 radical (unpaired) electrons. The first kappa shape index (κ1) is 30.5. The van der Waals surface area contributed by atoms with Crippen LogP contribution in [0.2, 0.25) is 0 Å². The summed E-state index contributed by atoms with van der Waals surface area (Å²) in [7, 11) is 2.92. The van der Waals surface area contributed by atoms with Gasteiger partial charge in [-0.15, -0.1) is 5.10 Å². The molecule has 0 unspecified atom stereocenters. The molecule has 4 aromatic rings. The minimum Gasteiger partial charge on any atom is -0.496 e. The quantitative estimate of drug-likeness (QED) is 0.299. The molecule has 0 bridgehead atoms. The number of piperazine rings is 2. The second-order valence-electron chi connectivity index (χ2n) is 11.3. The minimum atomic E-state index is -4.72. The van der Waals surface area contributed by atoms with E-state index in [9.17, 15) is 18.0 Å². The Morgan fingerprint density at radius 1 is 0.933 bits per heavy atom. The number of hydrogen-bond donors (Lipinski definition) is 0. The van der Waals surface area contributed by atoms with Crippen molar-refractivity contribution in [1.82, 2.24) is 34.9 Å². The van der Waals surface area contributed by atoms with E-state index in [1.54, 1.807) is 17.0 Å². The maximum Gasteiger partial charge on any atom is 0.453 e. The molecule has 2 fully saturated rings. The molecular formula is C32H34F3N7O3. The molecule has 0 N–H and O–H groups in total. The summed E-state index contributed by atoms with van der Waals surface area (Å²) in [5.74, 6) is -0.626. The molecule has 13 heteroatoms. The number of carbonyl (C=O) groups is 1. The maximum absolute atomic E-state index is 13.6. The third-order valence-corrected chi connectivity index (χ3v) is 8.63. The lowest BCUT2D eigenvalue weighted by Crippen LogP contribution is -2.67. The molecule has 236 valence electrons. The monoisotopic (exact) mass is 621 g/mol. The number of aromatic nitrogens is 4. The van der Waals surface area contributed by atoms with Gasteiger partial charge in [0.25, 0.3) is 5.82 Å². The Labute approximate surface area is 258 Å². The highest BCUT2D eigenvalue weighted by atomic mass is 19.4. The predicted octanol–water partition coefficient (Wildman–Crippen LogP) is 4.46. The van der Waals surface area contributed by atoms with Gasteiger partial charge in [-0.25, -0.2) is 4.79 Å². The van der Waals surface area contributed by atoms with Gasteiger partial charge in [-0.1, -0.05) is 60.7 Å². The zero-order valence-corrected chi connectivity index (χ0v) is 25.0. The fourth-order valence-corrected chi connectivity index (χ4v) is 6.69. The van der Waals surface area contributed by atoms with Crippen LogP contribution in [0, 0.1) is 0 Å². The summed E-state index contributed by atoms with van der Waals surface area (Å²) in [6.45, 7) is 3.44. The van der Waals surface area contributed by atoms with Crippen LogP contribution in [-0.2, 0) is 17.5 Å². The third-order valence-electron chi connectivity index (χ3n) is 8.63. The minimum absolute atomic E-state index is 0.00273. The van der Waals surface area contributed by atoms with Gasteiger partial charge in [0.15, 0.2) is 0 Å². The molecular weight excluding hydrogens is 587 g/mol. The summed E-state index contributed by atoms with van der Waals surface area (Å²) in [6, 6.07) is 25.6. The van der Waals surface area contributed by atoms with E-state index >= 15 is 0 Å². The fraction of sp³-hybridized carbons (Fsp3) is 0.375. The van der Waals surface area contributed by atoms with Crippen LogP contribution >= 0.6 is 0 Å². The van der Waals surface area contributed by atoms with Crippen molar-refractivity contribution in [3.63, 3.8) is 0 Å². The van der Waals surface area contributed by atoms with E-state index in [2.05, 4.69) is 49.6 Å². The number of amides is 1. The van der Waals surface area contributed by atoms with Crippen LogP contribution in [0.1, 0.15) is 28.4 Å². The number of rotatable bonds is 7. The Balaban J connectivity index is 1.37. The number of carbonyl (C=O) groups excluding carboxylic acids is 1. The van der Waals surface area contributed by atoms with Crippen molar-refractivity contribution in [2.75, 3.05) is 46.9 Å². The van der Waals surface area contributed by atoms with Crippen molar-refractivity contribution < 1.29 is 27.4 Å². The highest BCUT2D eigenvalue weighted by Crippen LogP contribution is 2.37. The van der Waals surface area contributed by atoms with E-state index in [0.29, 0.717) is 55.3 Å². The Kier molecular flexibility index (Phi) is 8.72. The van der Waals surface area contributed by atoms with Crippen molar-refractivity contribution in [2.45, 2.75) is 30.7 Å². The van der Waals surface area contributed by atoms with Crippen LogP contribution in [-0.4, -0.2) is 100 Å². The third kappa shape index (κ3) is 6.36. The van der Waals surface area contributed by atoms with Crippen LogP contribution < -0.4 is 4.74 Å². The average Bonchev–Trinajstić information content (AvgIpc) is 3.57. The molecule has 6 rings (SSSR count). The largest absolute Gasteiger partial charge is 0.496 e. The van der Waals surface area contributed by atoms with E-state index in [4.69, 9.17) is 9.47 Å². The Morgan fingerprint density at radius 3 is 2.24 bits per heavy atom. The molecule has 10 nitrogen and oxygen atoms in total. The zero-order valence-electron chi connectivity index (χ0n) is 25.0. The summed E-state index contributed by atoms with van der Waals surface area (Å²) in [5, 5.41) is 10.1. The van der Waals surface area contributed by atoms with Gasteiger partial charge in [-0.2, -0.15) is 17.9 Å². The number of tetrazole rings is 1. The van der Waals surface area contributed by atoms with Crippen molar-refractivity contribution >= 4 is 6.09 Å². The summed E-state index contributed by atoms with van der Waals surface area (Å²) in [6.07, 6.45) is -5.08. The van der Waals surface area contributed by atoms with E-state index < -0.39 is 12.0 Å². The summed E-state index contributed by atoms with van der Waals surface area (Å²) in [4.78, 5) is 19.1. The number of benzene rings is 3. The molecule has 0 aliphatic carbocycles. The van der Waals surface area contributed by atoms with E-state index in [1.165, 1.54) is 31.4 Å². The lowest BCUT2D eigenvalue weighted by molar-refractivity contribution is -0.146. The Bertz CT molecular complexity index is 1560. The fourth-order valence-electron chi connectivity index (χ4n) is 6.69. The first-order valence-corrected chi connectivity index (χ1v) is 14.7. The van der Waals surface area contributed by atoms with Gasteiger partial charge < -0.3 is 14.4 Å². The number of fused-ring (bicyclic) bond motifs is 1. The van der Waals surface area contributed by atoms with Gasteiger partial charge in [0, 0.05) is 62.8 Å². The number of hydrogen-bond acceptors (Lipinski definition) is 8. The van der Waals surface area contributed by atoms with Crippen LogP contribution in [0.25, 0.3) is 5.69 Å². The molecule has 2 saturated heterocycles. The predicted molar refractivity (Wildman–Crippen MR) is 159 cm³/mol. The normalized spacial score (nSPS) is 19.4. The first-order chi connectivity index (χ1) is 21.8. The SMILES string of the molecule is COC(=O)N1CCN2[C@H](CN(Cc3cc(-n4nnnc4C(F)(F)F)ccc3OC)C[C@H]2C(c2ccccc2)c2ccccc2)C1. The number of methoxy groups -OCH3 is 2. The molecule has 3 heterocycles. The molecule has 0 saturated carbocycles. The van der Waals surface area contributed by atoms with Crippen molar-refractivity contribution in [3.8, 4) is 11.4 Å². The number of nitrogens with zero attached hydrogens (tertiary/aromatic N) is 7.